The Kier molecular flexibility index (Phi) is 66.8. The highest BCUT2D eigenvalue weighted by Crippen LogP contribution is 2.43. The van der Waals surface area contributed by atoms with Gasteiger partial charge in [-0.3, -0.25) is 18.6 Å². The maximum absolute atomic E-state index is 12.9. The molecule has 0 bridgehead atoms. The Bertz CT molecular complexity index is 1710. The van der Waals surface area contributed by atoms with E-state index in [0.717, 1.165) is 64.2 Å². The Hall–Kier alpha value is -2.55. The highest BCUT2D eigenvalue weighted by atomic mass is 31.2. The molecular formula is C78H145NO8P+. The molecule has 0 aromatic rings. The lowest BCUT2D eigenvalue weighted by Crippen LogP contribution is -2.37. The first-order valence-electron chi connectivity index (χ1n) is 37.7. The minimum Gasteiger partial charge on any atom is -0.462 e. The number of allylic oxidation sites excluding steroid dienone is 12. The van der Waals surface area contributed by atoms with E-state index in [1.54, 1.807) is 0 Å². The van der Waals surface area contributed by atoms with Crippen LogP contribution in [0.15, 0.2) is 72.9 Å². The number of carbonyl (C=O) groups excluding carboxylic acids is 2. The van der Waals surface area contributed by atoms with Crippen molar-refractivity contribution in [3.63, 3.8) is 0 Å². The molecule has 0 saturated heterocycles. The number of quaternary nitrogens is 1. The first-order chi connectivity index (χ1) is 43.0. The largest absolute Gasteiger partial charge is 0.472 e. The molecule has 2 unspecified atom stereocenters. The van der Waals surface area contributed by atoms with Crippen molar-refractivity contribution in [1.29, 1.82) is 0 Å². The van der Waals surface area contributed by atoms with Crippen LogP contribution >= 0.6 is 7.82 Å². The Balaban J connectivity index is 3.97. The average molecular weight is 1260 g/mol. The summed E-state index contributed by atoms with van der Waals surface area (Å²) in [4.78, 5) is 35.9. The molecule has 0 fully saturated rings. The minimum atomic E-state index is -4.39. The van der Waals surface area contributed by atoms with Gasteiger partial charge in [-0.1, -0.05) is 337 Å². The number of ether oxygens (including phenoxy) is 2. The van der Waals surface area contributed by atoms with Gasteiger partial charge in [-0.15, -0.1) is 0 Å². The van der Waals surface area contributed by atoms with Crippen LogP contribution in [0.1, 0.15) is 361 Å². The van der Waals surface area contributed by atoms with Crippen LogP contribution in [0.4, 0.5) is 0 Å². The second kappa shape index (κ2) is 68.8. The summed E-state index contributed by atoms with van der Waals surface area (Å²) in [7, 11) is 1.49. The normalized spacial score (nSPS) is 13.5. The fraction of sp³-hybridized carbons (Fsp3) is 0.821. The standard InChI is InChI=1S/C78H144NO8P/c1-6-8-10-12-14-16-18-20-22-24-26-28-30-32-34-36-37-38-39-40-41-43-45-47-49-51-53-55-57-59-61-63-65-67-69-71-78(81)87-76(75-86-88(82,83)85-73-72-79(3,4)5)74-84-77(80)70-68-66-64-62-60-58-56-54-52-50-48-46-44-42-35-33-31-29-27-25-23-21-19-17-15-13-11-9-7-2/h8,10,14,16,20,22,25-28,32,34,76H,6-7,9,11-13,15,17-19,21,23-24,29-31,33,35-75H2,1-5H3/p+1/b10-8-,16-14-,22-20-,27-25-,28-26-,34-32-. The summed E-state index contributed by atoms with van der Waals surface area (Å²) in [5, 5.41) is 0. The van der Waals surface area contributed by atoms with Crippen molar-refractivity contribution in [2.24, 2.45) is 0 Å². The zero-order valence-electron chi connectivity index (χ0n) is 58.7. The highest BCUT2D eigenvalue weighted by molar-refractivity contribution is 7.47. The molecule has 0 aliphatic rings. The second-order valence-corrected chi connectivity index (χ2v) is 28.1. The number of hydrogen-bond acceptors (Lipinski definition) is 7. The molecule has 0 rings (SSSR count). The number of unbranched alkanes of at least 4 members (excludes halogenated alkanes) is 44. The number of esters is 2. The molecule has 0 heterocycles. The molecule has 0 aromatic heterocycles. The third kappa shape index (κ3) is 72.5. The van der Waals surface area contributed by atoms with Crippen LogP contribution in [0.2, 0.25) is 0 Å². The summed E-state index contributed by atoms with van der Waals surface area (Å²) in [5.41, 5.74) is 0. The Morgan fingerprint density at radius 1 is 0.364 bits per heavy atom. The summed E-state index contributed by atoms with van der Waals surface area (Å²) in [6, 6.07) is 0. The maximum Gasteiger partial charge on any atom is 0.472 e. The van der Waals surface area contributed by atoms with Gasteiger partial charge in [0.2, 0.25) is 0 Å². The van der Waals surface area contributed by atoms with Crippen molar-refractivity contribution in [2.45, 2.75) is 367 Å². The van der Waals surface area contributed by atoms with Gasteiger partial charge in [-0.2, -0.15) is 0 Å². The van der Waals surface area contributed by atoms with E-state index in [0.29, 0.717) is 23.9 Å². The lowest BCUT2D eigenvalue weighted by Gasteiger charge is -2.24. The Morgan fingerprint density at radius 3 is 0.977 bits per heavy atom. The monoisotopic (exact) mass is 1260 g/mol. The number of phosphoric ester groups is 1. The second-order valence-electron chi connectivity index (χ2n) is 26.7. The van der Waals surface area contributed by atoms with E-state index in [1.165, 1.54) is 263 Å². The minimum absolute atomic E-state index is 0.0328. The predicted molar refractivity (Wildman–Crippen MR) is 381 cm³/mol. The first kappa shape index (κ1) is 85.5. The quantitative estimate of drug-likeness (QED) is 0.0211. The maximum atomic E-state index is 12.9. The van der Waals surface area contributed by atoms with Gasteiger partial charge in [0.15, 0.2) is 6.10 Å². The fourth-order valence-corrected chi connectivity index (χ4v) is 11.7. The molecule has 1 N–H and O–H groups in total. The van der Waals surface area contributed by atoms with Crippen LogP contribution in [0.3, 0.4) is 0 Å². The van der Waals surface area contributed by atoms with Gasteiger partial charge in [0, 0.05) is 12.8 Å². The lowest BCUT2D eigenvalue weighted by atomic mass is 10.0. The van der Waals surface area contributed by atoms with Crippen LogP contribution in [0.25, 0.3) is 0 Å². The zero-order valence-corrected chi connectivity index (χ0v) is 59.6. The van der Waals surface area contributed by atoms with E-state index < -0.39 is 26.5 Å². The van der Waals surface area contributed by atoms with Gasteiger partial charge in [-0.05, 0) is 83.5 Å². The topological polar surface area (TPSA) is 108 Å². The van der Waals surface area contributed by atoms with Crippen molar-refractivity contribution in [1.82, 2.24) is 0 Å². The SMILES string of the molecule is CC/C=C\C/C=C\C/C=C\C/C=C\C/C=C\CCCCCCCCCCCCCCCCCCCCCC(=O)OC(COC(=O)CCCCCCCCCCCCCCCCCCC/C=C\CCCCCCCCCC)COP(=O)(O)OCC[N+](C)(C)C. The van der Waals surface area contributed by atoms with Crippen molar-refractivity contribution < 1.29 is 42.1 Å². The van der Waals surface area contributed by atoms with Crippen LogP contribution < -0.4 is 0 Å². The molecule has 0 saturated carbocycles. The van der Waals surface area contributed by atoms with Crippen LogP contribution in [-0.4, -0.2) is 74.9 Å². The number of phosphoric acid groups is 1. The highest BCUT2D eigenvalue weighted by Gasteiger charge is 2.27. The molecule has 0 amide bonds. The number of hydrogen-bond donors (Lipinski definition) is 1. The number of nitrogens with zero attached hydrogens (tertiary/aromatic N) is 1. The van der Waals surface area contributed by atoms with Crippen LogP contribution in [0.5, 0.6) is 0 Å². The number of rotatable bonds is 70. The molecule has 10 heteroatoms. The van der Waals surface area contributed by atoms with E-state index in [4.69, 9.17) is 18.5 Å². The van der Waals surface area contributed by atoms with Gasteiger partial charge in [0.25, 0.3) is 0 Å². The summed E-state index contributed by atoms with van der Waals surface area (Å²) >= 11 is 0. The van der Waals surface area contributed by atoms with Gasteiger partial charge >= 0.3 is 19.8 Å². The molecule has 514 valence electrons. The molecule has 0 spiro atoms. The number of likely N-dealkylation sites (N-methyl/N-ethyl adjacent to an activating group) is 1. The first-order valence-corrected chi connectivity index (χ1v) is 39.2. The molecular weight excluding hydrogens is 1110 g/mol. The van der Waals surface area contributed by atoms with Crippen molar-refractivity contribution in [3.05, 3.63) is 72.9 Å². The fourth-order valence-electron chi connectivity index (χ4n) is 11.0. The van der Waals surface area contributed by atoms with Crippen molar-refractivity contribution >= 4 is 19.8 Å². The average Bonchev–Trinajstić information content (AvgIpc) is 3.57. The molecule has 0 aliphatic heterocycles. The third-order valence-corrected chi connectivity index (χ3v) is 17.7. The van der Waals surface area contributed by atoms with E-state index in [1.807, 2.05) is 21.1 Å². The lowest BCUT2D eigenvalue weighted by molar-refractivity contribution is -0.870. The zero-order chi connectivity index (χ0) is 64.1. The van der Waals surface area contributed by atoms with Gasteiger partial charge in [0.05, 0.1) is 27.7 Å². The van der Waals surface area contributed by atoms with Gasteiger partial charge in [-0.25, -0.2) is 4.57 Å². The smallest absolute Gasteiger partial charge is 0.462 e. The van der Waals surface area contributed by atoms with E-state index in [9.17, 15) is 19.0 Å². The summed E-state index contributed by atoms with van der Waals surface area (Å²) in [6.07, 6.45) is 93.1. The molecule has 0 radical (unpaired) electrons. The Morgan fingerprint density at radius 2 is 0.648 bits per heavy atom. The van der Waals surface area contributed by atoms with Crippen LogP contribution in [0, 0.1) is 0 Å². The Labute approximate surface area is 546 Å². The van der Waals surface area contributed by atoms with Gasteiger partial charge < -0.3 is 18.9 Å². The van der Waals surface area contributed by atoms with E-state index in [2.05, 4.69) is 86.8 Å². The summed E-state index contributed by atoms with van der Waals surface area (Å²) in [6.45, 7) is 4.38. The van der Waals surface area contributed by atoms with Crippen molar-refractivity contribution in [2.75, 3.05) is 47.5 Å². The molecule has 0 aliphatic carbocycles. The van der Waals surface area contributed by atoms with Crippen LogP contribution in [-0.2, 0) is 32.7 Å². The third-order valence-electron chi connectivity index (χ3n) is 16.7. The van der Waals surface area contributed by atoms with Gasteiger partial charge in [0.1, 0.15) is 19.8 Å². The molecule has 0 aromatic carbocycles. The van der Waals surface area contributed by atoms with Crippen molar-refractivity contribution in [3.8, 4) is 0 Å². The summed E-state index contributed by atoms with van der Waals surface area (Å²) in [5.74, 6) is -0.779. The molecule has 88 heavy (non-hydrogen) atoms. The molecule has 9 nitrogen and oxygen atoms in total. The van der Waals surface area contributed by atoms with E-state index >= 15 is 0 Å². The van der Waals surface area contributed by atoms with E-state index in [-0.39, 0.29) is 25.6 Å². The number of carbonyl (C=O) groups is 2. The predicted octanol–water partition coefficient (Wildman–Crippen LogP) is 24.7. The summed E-state index contributed by atoms with van der Waals surface area (Å²) < 4.78 is 34.8. The molecule has 2 atom stereocenters.